The average Bonchev–Trinajstić information content (AvgIpc) is 3.08. The molecule has 1 N–H and O–H groups in total. The van der Waals surface area contributed by atoms with Crippen LogP contribution in [0, 0.1) is 0 Å². The summed E-state index contributed by atoms with van der Waals surface area (Å²) in [6.45, 7) is 4.24. The zero-order valence-electron chi connectivity index (χ0n) is 16.2. The van der Waals surface area contributed by atoms with Gasteiger partial charge in [0, 0.05) is 17.6 Å². The number of amides is 1. The Hall–Kier alpha value is -1.90. The summed E-state index contributed by atoms with van der Waals surface area (Å²) in [5.74, 6) is 0.237. The van der Waals surface area contributed by atoms with Crippen LogP contribution in [0.4, 0.5) is 5.82 Å². The molecule has 0 aromatic carbocycles. The van der Waals surface area contributed by atoms with Gasteiger partial charge in [0.05, 0.1) is 15.7 Å². The van der Waals surface area contributed by atoms with Crippen LogP contribution in [-0.2, 0) is 24.2 Å². The highest BCUT2D eigenvalue weighted by molar-refractivity contribution is 8.00. The fourth-order valence-corrected chi connectivity index (χ4v) is 5.86. The van der Waals surface area contributed by atoms with Crippen LogP contribution in [0.25, 0.3) is 10.2 Å². The number of anilines is 1. The number of halogens is 1. The SMILES string of the molecule is CCn1c(SC(C)C(=O)Nc2ccc(Cl)cn2)nc2sc3c(c2c1=O)CCCC3. The quantitative estimate of drug-likeness (QED) is 0.458. The van der Waals surface area contributed by atoms with Gasteiger partial charge in [-0.3, -0.25) is 14.2 Å². The fraction of sp³-hybridized carbons (Fsp3) is 0.400. The van der Waals surface area contributed by atoms with Gasteiger partial charge in [-0.1, -0.05) is 23.4 Å². The minimum atomic E-state index is -0.441. The van der Waals surface area contributed by atoms with E-state index in [2.05, 4.69) is 10.3 Å². The number of fused-ring (bicyclic) bond motifs is 3. The number of thiophene rings is 1. The smallest absolute Gasteiger partial charge is 0.263 e. The molecular weight excluding hydrogens is 428 g/mol. The van der Waals surface area contributed by atoms with Gasteiger partial charge in [0.1, 0.15) is 10.6 Å². The molecule has 0 saturated heterocycles. The number of thioether (sulfide) groups is 1. The predicted octanol–water partition coefficient (Wildman–Crippen LogP) is 4.52. The van der Waals surface area contributed by atoms with Crippen LogP contribution < -0.4 is 10.9 Å². The molecule has 0 aliphatic heterocycles. The van der Waals surface area contributed by atoms with Crippen molar-refractivity contribution in [3.05, 3.63) is 44.1 Å². The van der Waals surface area contributed by atoms with Crippen molar-refractivity contribution >= 4 is 56.6 Å². The summed E-state index contributed by atoms with van der Waals surface area (Å²) in [4.78, 5) is 36.7. The molecule has 3 aromatic rings. The van der Waals surface area contributed by atoms with E-state index < -0.39 is 5.25 Å². The molecule has 1 aliphatic carbocycles. The summed E-state index contributed by atoms with van der Waals surface area (Å²) in [6, 6.07) is 3.32. The van der Waals surface area contributed by atoms with Gasteiger partial charge in [-0.2, -0.15) is 0 Å². The molecule has 3 aromatic heterocycles. The van der Waals surface area contributed by atoms with Gasteiger partial charge in [-0.25, -0.2) is 9.97 Å². The van der Waals surface area contributed by atoms with E-state index in [1.54, 1.807) is 35.0 Å². The van der Waals surface area contributed by atoms with E-state index in [1.165, 1.54) is 34.8 Å². The molecule has 0 radical (unpaired) electrons. The zero-order chi connectivity index (χ0) is 20.5. The third-order valence-electron chi connectivity index (χ3n) is 4.99. The molecule has 1 unspecified atom stereocenters. The number of hydrogen-bond donors (Lipinski definition) is 1. The van der Waals surface area contributed by atoms with Crippen LogP contribution in [0.3, 0.4) is 0 Å². The van der Waals surface area contributed by atoms with E-state index in [-0.39, 0.29) is 11.5 Å². The summed E-state index contributed by atoms with van der Waals surface area (Å²) >= 11 is 8.75. The third kappa shape index (κ3) is 4.06. The first kappa shape index (κ1) is 20.4. The lowest BCUT2D eigenvalue weighted by Gasteiger charge is -2.15. The zero-order valence-corrected chi connectivity index (χ0v) is 18.6. The lowest BCUT2D eigenvalue weighted by Crippen LogP contribution is -2.27. The Balaban J connectivity index is 1.62. The highest BCUT2D eigenvalue weighted by atomic mass is 35.5. The second-order valence-electron chi connectivity index (χ2n) is 6.95. The molecule has 9 heteroatoms. The molecule has 1 aliphatic rings. The molecule has 0 bridgehead atoms. The van der Waals surface area contributed by atoms with Gasteiger partial charge in [-0.15, -0.1) is 11.3 Å². The van der Waals surface area contributed by atoms with E-state index in [1.807, 2.05) is 6.92 Å². The topological polar surface area (TPSA) is 76.9 Å². The van der Waals surface area contributed by atoms with Crippen LogP contribution in [-0.4, -0.2) is 25.7 Å². The number of hydrogen-bond acceptors (Lipinski definition) is 6. The molecule has 152 valence electrons. The summed E-state index contributed by atoms with van der Waals surface area (Å²) in [5.41, 5.74) is 1.19. The largest absolute Gasteiger partial charge is 0.310 e. The highest BCUT2D eigenvalue weighted by Gasteiger charge is 2.24. The van der Waals surface area contributed by atoms with E-state index in [0.717, 1.165) is 29.5 Å². The molecule has 1 atom stereocenters. The second kappa shape index (κ2) is 8.45. The normalized spacial score (nSPS) is 14.6. The van der Waals surface area contributed by atoms with Crippen molar-refractivity contribution in [2.75, 3.05) is 5.32 Å². The number of nitrogens with zero attached hydrogens (tertiary/aromatic N) is 3. The van der Waals surface area contributed by atoms with Crippen LogP contribution >= 0.6 is 34.7 Å². The van der Waals surface area contributed by atoms with E-state index in [9.17, 15) is 9.59 Å². The van der Waals surface area contributed by atoms with E-state index >= 15 is 0 Å². The van der Waals surface area contributed by atoms with Gasteiger partial charge in [-0.05, 0) is 57.2 Å². The van der Waals surface area contributed by atoms with Crippen molar-refractivity contribution in [2.24, 2.45) is 0 Å². The van der Waals surface area contributed by atoms with Crippen molar-refractivity contribution in [1.82, 2.24) is 14.5 Å². The molecule has 3 heterocycles. The molecule has 4 rings (SSSR count). The average molecular weight is 449 g/mol. The Bertz CT molecular complexity index is 1120. The number of aromatic nitrogens is 3. The van der Waals surface area contributed by atoms with Gasteiger partial charge >= 0.3 is 0 Å². The summed E-state index contributed by atoms with van der Waals surface area (Å²) in [5, 5.41) is 4.20. The number of pyridine rings is 1. The maximum Gasteiger partial charge on any atom is 0.263 e. The Morgan fingerprint density at radius 2 is 2.17 bits per heavy atom. The second-order valence-corrected chi connectivity index (χ2v) is 9.77. The first-order valence-electron chi connectivity index (χ1n) is 9.62. The number of aryl methyl sites for hydroxylation is 2. The first-order chi connectivity index (χ1) is 14.0. The summed E-state index contributed by atoms with van der Waals surface area (Å²) in [7, 11) is 0. The van der Waals surface area contributed by atoms with Crippen molar-refractivity contribution in [1.29, 1.82) is 0 Å². The summed E-state index contributed by atoms with van der Waals surface area (Å²) < 4.78 is 1.68. The number of rotatable bonds is 5. The van der Waals surface area contributed by atoms with Gasteiger partial charge < -0.3 is 5.32 Å². The predicted molar refractivity (Wildman–Crippen MR) is 119 cm³/mol. The standard InChI is InChI=1S/C20H21ClN4O2S2/c1-3-25-19(27)16-13-6-4-5-7-14(13)29-18(16)24-20(25)28-11(2)17(26)23-15-9-8-12(21)10-22-15/h8-11H,3-7H2,1-2H3,(H,22,23,26). The molecule has 0 spiro atoms. The highest BCUT2D eigenvalue weighted by Crippen LogP contribution is 2.35. The third-order valence-corrected chi connectivity index (χ3v) is 7.49. The van der Waals surface area contributed by atoms with Crippen molar-refractivity contribution < 1.29 is 4.79 Å². The minimum absolute atomic E-state index is 0.00590. The lowest BCUT2D eigenvalue weighted by atomic mass is 9.97. The Kier molecular flexibility index (Phi) is 5.94. The first-order valence-corrected chi connectivity index (χ1v) is 11.7. The molecular formula is C20H21ClN4O2S2. The number of nitrogens with one attached hydrogen (secondary N) is 1. The maximum atomic E-state index is 13.2. The summed E-state index contributed by atoms with van der Waals surface area (Å²) in [6.07, 6.45) is 5.75. The molecule has 0 fully saturated rings. The van der Waals surface area contributed by atoms with Gasteiger partial charge in [0.15, 0.2) is 5.16 Å². The Labute approximate surface area is 181 Å². The van der Waals surface area contributed by atoms with Crippen molar-refractivity contribution in [2.45, 2.75) is 56.5 Å². The van der Waals surface area contributed by atoms with Crippen LogP contribution in [0.15, 0.2) is 28.3 Å². The van der Waals surface area contributed by atoms with Gasteiger partial charge in [0.2, 0.25) is 5.91 Å². The molecule has 1 amide bonds. The molecule has 29 heavy (non-hydrogen) atoms. The minimum Gasteiger partial charge on any atom is -0.310 e. The fourth-order valence-electron chi connectivity index (χ4n) is 3.48. The Morgan fingerprint density at radius 3 is 2.90 bits per heavy atom. The Morgan fingerprint density at radius 1 is 1.38 bits per heavy atom. The van der Waals surface area contributed by atoms with Crippen LogP contribution in [0.5, 0.6) is 0 Å². The number of carbonyl (C=O) groups excluding carboxylic acids is 1. The molecule has 0 saturated carbocycles. The monoisotopic (exact) mass is 448 g/mol. The van der Waals surface area contributed by atoms with Gasteiger partial charge in [0.25, 0.3) is 5.56 Å². The van der Waals surface area contributed by atoms with Crippen molar-refractivity contribution in [3.8, 4) is 0 Å². The molecule has 6 nitrogen and oxygen atoms in total. The lowest BCUT2D eigenvalue weighted by molar-refractivity contribution is -0.115. The van der Waals surface area contributed by atoms with Crippen molar-refractivity contribution in [3.63, 3.8) is 0 Å². The van der Waals surface area contributed by atoms with Crippen LogP contribution in [0.2, 0.25) is 5.02 Å². The maximum absolute atomic E-state index is 13.2. The number of carbonyl (C=O) groups is 1. The van der Waals surface area contributed by atoms with E-state index in [0.29, 0.717) is 22.5 Å². The van der Waals surface area contributed by atoms with Crippen LogP contribution in [0.1, 0.15) is 37.1 Å². The van der Waals surface area contributed by atoms with E-state index in [4.69, 9.17) is 16.6 Å².